The predicted octanol–water partition coefficient (Wildman–Crippen LogP) is 3.59. The molecule has 0 saturated heterocycles. The van der Waals surface area contributed by atoms with Gasteiger partial charge in [0, 0.05) is 13.6 Å². The van der Waals surface area contributed by atoms with Gasteiger partial charge in [-0.05, 0) is 50.3 Å². The zero-order chi connectivity index (χ0) is 15.2. The summed E-state index contributed by atoms with van der Waals surface area (Å²) in [5.41, 5.74) is 1.09. The molecule has 21 heavy (non-hydrogen) atoms. The number of hydrogen-bond acceptors (Lipinski definition) is 2. The van der Waals surface area contributed by atoms with Gasteiger partial charge in [0.25, 0.3) is 0 Å². The first-order valence-electron chi connectivity index (χ1n) is 7.84. The van der Waals surface area contributed by atoms with E-state index in [4.69, 9.17) is 4.74 Å². The van der Waals surface area contributed by atoms with Crippen LogP contribution in [0.4, 0.5) is 4.79 Å². The van der Waals surface area contributed by atoms with E-state index >= 15 is 0 Å². The fourth-order valence-corrected chi connectivity index (χ4v) is 2.54. The van der Waals surface area contributed by atoms with Crippen LogP contribution in [0.1, 0.15) is 44.7 Å². The Bertz CT molecular complexity index is 454. The lowest BCUT2D eigenvalue weighted by Gasteiger charge is -2.30. The van der Waals surface area contributed by atoms with Gasteiger partial charge in [-0.2, -0.15) is 0 Å². The largest absolute Gasteiger partial charge is 0.494 e. The summed E-state index contributed by atoms with van der Waals surface area (Å²) in [6.07, 6.45) is 3.82. The summed E-state index contributed by atoms with van der Waals surface area (Å²) in [5.74, 6) is 1.56. The Kier molecular flexibility index (Phi) is 5.48. The SMILES string of the molecule is CCOc1ccc(C(C)NC(=O)N(C)CC2CCC2)cc1. The summed E-state index contributed by atoms with van der Waals surface area (Å²) in [5, 5.41) is 3.05. The fourth-order valence-electron chi connectivity index (χ4n) is 2.54. The molecule has 1 saturated carbocycles. The van der Waals surface area contributed by atoms with Crippen molar-refractivity contribution in [3.05, 3.63) is 29.8 Å². The minimum absolute atomic E-state index is 0.00276. The summed E-state index contributed by atoms with van der Waals surface area (Å²) >= 11 is 0. The first kappa shape index (κ1) is 15.7. The molecule has 2 amide bonds. The van der Waals surface area contributed by atoms with Crippen LogP contribution in [0.25, 0.3) is 0 Å². The van der Waals surface area contributed by atoms with Crippen LogP contribution < -0.4 is 10.1 Å². The molecule has 1 unspecified atom stereocenters. The number of nitrogens with one attached hydrogen (secondary N) is 1. The van der Waals surface area contributed by atoms with Gasteiger partial charge in [0.15, 0.2) is 0 Å². The standard InChI is InChI=1S/C17H26N2O2/c1-4-21-16-10-8-15(9-11-16)13(2)18-17(20)19(3)12-14-6-5-7-14/h8-11,13-14H,4-7,12H2,1-3H3,(H,18,20). The predicted molar refractivity (Wildman–Crippen MR) is 84.5 cm³/mol. The first-order valence-corrected chi connectivity index (χ1v) is 7.84. The minimum Gasteiger partial charge on any atom is -0.494 e. The maximum Gasteiger partial charge on any atom is 0.317 e. The molecule has 4 nitrogen and oxygen atoms in total. The number of nitrogens with zero attached hydrogens (tertiary/aromatic N) is 1. The number of benzene rings is 1. The molecule has 1 N–H and O–H groups in total. The molecule has 1 aromatic carbocycles. The zero-order valence-corrected chi connectivity index (χ0v) is 13.3. The molecular weight excluding hydrogens is 264 g/mol. The second-order valence-electron chi connectivity index (χ2n) is 5.85. The quantitative estimate of drug-likeness (QED) is 0.870. The van der Waals surface area contributed by atoms with Gasteiger partial charge >= 0.3 is 6.03 Å². The van der Waals surface area contributed by atoms with Crippen molar-refractivity contribution in [3.63, 3.8) is 0 Å². The van der Waals surface area contributed by atoms with Crippen molar-refractivity contribution >= 4 is 6.03 Å². The van der Waals surface area contributed by atoms with E-state index in [1.807, 2.05) is 45.2 Å². The van der Waals surface area contributed by atoms with Gasteiger partial charge in [-0.25, -0.2) is 4.79 Å². The van der Waals surface area contributed by atoms with Gasteiger partial charge in [-0.15, -0.1) is 0 Å². The van der Waals surface area contributed by atoms with Crippen LogP contribution in [0, 0.1) is 5.92 Å². The molecule has 0 aromatic heterocycles. The maximum atomic E-state index is 12.2. The van der Waals surface area contributed by atoms with E-state index in [1.54, 1.807) is 4.90 Å². The molecule has 0 radical (unpaired) electrons. The Hall–Kier alpha value is -1.71. The lowest BCUT2D eigenvalue weighted by Crippen LogP contribution is -2.42. The molecule has 2 rings (SSSR count). The van der Waals surface area contributed by atoms with Gasteiger partial charge in [0.1, 0.15) is 5.75 Å². The molecule has 116 valence electrons. The second kappa shape index (κ2) is 7.34. The van der Waals surface area contributed by atoms with Crippen LogP contribution in [-0.4, -0.2) is 31.1 Å². The fraction of sp³-hybridized carbons (Fsp3) is 0.588. The Morgan fingerprint density at radius 1 is 1.38 bits per heavy atom. The molecule has 1 aliphatic rings. The van der Waals surface area contributed by atoms with Crippen molar-refractivity contribution in [1.82, 2.24) is 10.2 Å². The molecule has 1 fully saturated rings. The van der Waals surface area contributed by atoms with Crippen molar-refractivity contribution in [3.8, 4) is 5.75 Å². The Morgan fingerprint density at radius 3 is 2.57 bits per heavy atom. The van der Waals surface area contributed by atoms with E-state index in [-0.39, 0.29) is 12.1 Å². The van der Waals surface area contributed by atoms with Crippen molar-refractivity contribution < 1.29 is 9.53 Å². The molecule has 4 heteroatoms. The Labute approximate surface area is 127 Å². The van der Waals surface area contributed by atoms with E-state index in [0.29, 0.717) is 12.5 Å². The average molecular weight is 290 g/mol. The highest BCUT2D eigenvalue weighted by molar-refractivity contribution is 5.74. The maximum absolute atomic E-state index is 12.2. The van der Waals surface area contributed by atoms with Gasteiger partial charge < -0.3 is 15.0 Å². The minimum atomic E-state index is -0.00276. The van der Waals surface area contributed by atoms with Gasteiger partial charge in [-0.1, -0.05) is 18.6 Å². The highest BCUT2D eigenvalue weighted by Crippen LogP contribution is 2.26. The third-order valence-corrected chi connectivity index (χ3v) is 4.13. The van der Waals surface area contributed by atoms with Gasteiger partial charge in [0.05, 0.1) is 12.6 Å². The summed E-state index contributed by atoms with van der Waals surface area (Å²) in [7, 11) is 1.87. The molecule has 0 aliphatic heterocycles. The summed E-state index contributed by atoms with van der Waals surface area (Å²) < 4.78 is 5.43. The zero-order valence-electron chi connectivity index (χ0n) is 13.3. The molecule has 0 bridgehead atoms. The number of amides is 2. The van der Waals surface area contributed by atoms with Crippen LogP contribution in [0.2, 0.25) is 0 Å². The molecule has 1 atom stereocenters. The average Bonchev–Trinajstić information content (AvgIpc) is 2.43. The number of hydrogen-bond donors (Lipinski definition) is 1. The molecule has 0 spiro atoms. The topological polar surface area (TPSA) is 41.6 Å². The van der Waals surface area contributed by atoms with Crippen LogP contribution >= 0.6 is 0 Å². The van der Waals surface area contributed by atoms with Crippen LogP contribution in [-0.2, 0) is 0 Å². The second-order valence-corrected chi connectivity index (χ2v) is 5.85. The number of rotatable bonds is 6. The molecule has 1 aliphatic carbocycles. The van der Waals surface area contributed by atoms with Crippen molar-refractivity contribution in [1.29, 1.82) is 0 Å². The lowest BCUT2D eigenvalue weighted by molar-refractivity contribution is 0.180. The molecule has 0 heterocycles. The first-order chi connectivity index (χ1) is 10.1. The van der Waals surface area contributed by atoms with Crippen molar-refractivity contribution in [2.24, 2.45) is 5.92 Å². The van der Waals surface area contributed by atoms with Gasteiger partial charge in [0.2, 0.25) is 0 Å². The van der Waals surface area contributed by atoms with E-state index in [2.05, 4.69) is 5.32 Å². The van der Waals surface area contributed by atoms with Crippen LogP contribution in [0.15, 0.2) is 24.3 Å². The third-order valence-electron chi connectivity index (χ3n) is 4.13. The van der Waals surface area contributed by atoms with Crippen molar-refractivity contribution in [2.45, 2.75) is 39.2 Å². The van der Waals surface area contributed by atoms with E-state index in [9.17, 15) is 4.79 Å². The highest BCUT2D eigenvalue weighted by Gasteiger charge is 2.22. The molecular formula is C17H26N2O2. The van der Waals surface area contributed by atoms with E-state index < -0.39 is 0 Å². The number of carbonyl (C=O) groups excluding carboxylic acids is 1. The Balaban J connectivity index is 1.84. The summed E-state index contributed by atoms with van der Waals surface area (Å²) in [4.78, 5) is 14.0. The van der Waals surface area contributed by atoms with Crippen molar-refractivity contribution in [2.75, 3.05) is 20.2 Å². The van der Waals surface area contributed by atoms with Crippen LogP contribution in [0.3, 0.4) is 0 Å². The molecule has 1 aromatic rings. The van der Waals surface area contributed by atoms with E-state index in [0.717, 1.165) is 17.9 Å². The Morgan fingerprint density at radius 2 is 2.05 bits per heavy atom. The highest BCUT2D eigenvalue weighted by atomic mass is 16.5. The smallest absolute Gasteiger partial charge is 0.317 e. The van der Waals surface area contributed by atoms with Crippen LogP contribution in [0.5, 0.6) is 5.75 Å². The third kappa shape index (κ3) is 4.38. The lowest BCUT2D eigenvalue weighted by atomic mass is 9.85. The monoisotopic (exact) mass is 290 g/mol. The number of carbonyl (C=O) groups is 1. The summed E-state index contributed by atoms with van der Waals surface area (Å²) in [6, 6.07) is 7.89. The number of ether oxygens (including phenoxy) is 1. The summed E-state index contributed by atoms with van der Waals surface area (Å²) in [6.45, 7) is 5.50. The number of urea groups is 1. The normalized spacial score (nSPS) is 16.0. The van der Waals surface area contributed by atoms with E-state index in [1.165, 1.54) is 19.3 Å². The van der Waals surface area contributed by atoms with Gasteiger partial charge in [-0.3, -0.25) is 0 Å².